The summed E-state index contributed by atoms with van der Waals surface area (Å²) in [6.45, 7) is 0. The van der Waals surface area contributed by atoms with E-state index in [2.05, 4.69) is 23.8 Å². The third-order valence-corrected chi connectivity index (χ3v) is 4.69. The van der Waals surface area contributed by atoms with Gasteiger partial charge in [0.15, 0.2) is 0 Å². The molecule has 0 saturated heterocycles. The molecule has 0 aliphatic rings. The van der Waals surface area contributed by atoms with Crippen molar-refractivity contribution >= 4 is 35.0 Å². The van der Waals surface area contributed by atoms with E-state index in [1.807, 2.05) is 30.3 Å². The molecule has 0 fully saturated rings. The van der Waals surface area contributed by atoms with Crippen molar-refractivity contribution in [1.29, 1.82) is 0 Å². The second kappa shape index (κ2) is 7.34. The number of rotatable bonds is 5. The molecule has 0 spiro atoms. The summed E-state index contributed by atoms with van der Waals surface area (Å²) >= 11 is 13.7. The Bertz CT molecular complexity index is 590. The standard InChI is InChI=1S/C15H16Cl2N2S/c1-20-15-5-3-2-4-11(15)14(19-18)9-10-6-7-12(16)13(17)8-10/h2-8,14,19H,9,18H2,1H3. The molecule has 0 radical (unpaired) electrons. The van der Waals surface area contributed by atoms with E-state index >= 15 is 0 Å². The molecule has 0 heterocycles. The average molecular weight is 327 g/mol. The van der Waals surface area contributed by atoms with E-state index in [0.29, 0.717) is 10.0 Å². The van der Waals surface area contributed by atoms with Crippen LogP contribution in [0, 0.1) is 0 Å². The van der Waals surface area contributed by atoms with Gasteiger partial charge in [-0.3, -0.25) is 11.3 Å². The van der Waals surface area contributed by atoms with Gasteiger partial charge in [0.05, 0.1) is 16.1 Å². The van der Waals surface area contributed by atoms with Crippen LogP contribution in [-0.4, -0.2) is 6.26 Å². The fourth-order valence-electron chi connectivity index (χ4n) is 2.12. The van der Waals surface area contributed by atoms with Gasteiger partial charge in [-0.2, -0.15) is 0 Å². The fraction of sp³-hybridized carbons (Fsp3) is 0.200. The minimum atomic E-state index is 0.0379. The van der Waals surface area contributed by atoms with Gasteiger partial charge >= 0.3 is 0 Å². The molecule has 2 nitrogen and oxygen atoms in total. The maximum atomic E-state index is 6.06. The Morgan fingerprint density at radius 1 is 1.15 bits per heavy atom. The summed E-state index contributed by atoms with van der Waals surface area (Å²) < 4.78 is 0. The second-order valence-corrected chi connectivity index (χ2v) is 6.08. The predicted octanol–water partition coefficient (Wildman–Crippen LogP) is 4.46. The van der Waals surface area contributed by atoms with E-state index in [-0.39, 0.29) is 6.04 Å². The molecule has 0 aliphatic heterocycles. The van der Waals surface area contributed by atoms with E-state index in [4.69, 9.17) is 29.0 Å². The number of hydrazine groups is 1. The number of halogens is 2. The molecule has 2 aromatic rings. The van der Waals surface area contributed by atoms with Gasteiger partial charge in [-0.05, 0) is 42.0 Å². The van der Waals surface area contributed by atoms with Gasteiger partial charge in [-0.25, -0.2) is 0 Å². The average Bonchev–Trinajstić information content (AvgIpc) is 2.48. The molecule has 0 amide bonds. The van der Waals surface area contributed by atoms with Gasteiger partial charge in [0.1, 0.15) is 0 Å². The first-order chi connectivity index (χ1) is 9.65. The highest BCUT2D eigenvalue weighted by Gasteiger charge is 2.14. The van der Waals surface area contributed by atoms with Gasteiger partial charge in [0.25, 0.3) is 0 Å². The second-order valence-electron chi connectivity index (χ2n) is 4.41. The zero-order valence-corrected chi connectivity index (χ0v) is 13.4. The molecular weight excluding hydrogens is 311 g/mol. The van der Waals surface area contributed by atoms with Crippen LogP contribution in [0.5, 0.6) is 0 Å². The molecule has 0 saturated carbocycles. The Labute approximate surface area is 133 Å². The van der Waals surface area contributed by atoms with Crippen molar-refractivity contribution in [3.63, 3.8) is 0 Å². The number of hydrogen-bond donors (Lipinski definition) is 2. The molecule has 0 aliphatic carbocycles. The van der Waals surface area contributed by atoms with Gasteiger partial charge in [0, 0.05) is 4.90 Å². The molecule has 5 heteroatoms. The van der Waals surface area contributed by atoms with Crippen LogP contribution < -0.4 is 11.3 Å². The molecule has 106 valence electrons. The molecule has 0 bridgehead atoms. The first-order valence-corrected chi connectivity index (χ1v) is 8.16. The lowest BCUT2D eigenvalue weighted by molar-refractivity contribution is 0.544. The molecule has 1 unspecified atom stereocenters. The maximum absolute atomic E-state index is 6.06. The van der Waals surface area contributed by atoms with E-state index in [1.165, 1.54) is 10.5 Å². The Balaban J connectivity index is 2.26. The Hall–Kier alpha value is -0.710. The monoisotopic (exact) mass is 326 g/mol. The van der Waals surface area contributed by atoms with E-state index in [9.17, 15) is 0 Å². The molecule has 2 rings (SSSR count). The summed E-state index contributed by atoms with van der Waals surface area (Å²) in [5.74, 6) is 5.73. The third kappa shape index (κ3) is 3.68. The first kappa shape index (κ1) is 15.7. The fourth-order valence-corrected chi connectivity index (χ4v) is 3.10. The minimum Gasteiger partial charge on any atom is -0.271 e. The number of nitrogens with two attached hydrogens (primary N) is 1. The zero-order chi connectivity index (χ0) is 14.5. The predicted molar refractivity (Wildman–Crippen MR) is 88.5 cm³/mol. The van der Waals surface area contributed by atoms with Crippen LogP contribution in [-0.2, 0) is 6.42 Å². The first-order valence-electron chi connectivity index (χ1n) is 6.18. The molecular formula is C15H16Cl2N2S. The zero-order valence-electron chi connectivity index (χ0n) is 11.1. The van der Waals surface area contributed by atoms with E-state index in [0.717, 1.165) is 12.0 Å². The lowest BCUT2D eigenvalue weighted by atomic mass is 9.99. The van der Waals surface area contributed by atoms with Crippen molar-refractivity contribution in [2.75, 3.05) is 6.26 Å². The summed E-state index contributed by atoms with van der Waals surface area (Å²) in [6.07, 6.45) is 2.82. The van der Waals surface area contributed by atoms with Crippen molar-refractivity contribution in [3.8, 4) is 0 Å². The van der Waals surface area contributed by atoms with Crippen LogP contribution in [0.4, 0.5) is 0 Å². The van der Waals surface area contributed by atoms with Crippen LogP contribution in [0.3, 0.4) is 0 Å². The topological polar surface area (TPSA) is 38.0 Å². The summed E-state index contributed by atoms with van der Waals surface area (Å²) in [4.78, 5) is 1.22. The smallest absolute Gasteiger partial charge is 0.0595 e. The summed E-state index contributed by atoms with van der Waals surface area (Å²) in [5, 5.41) is 1.13. The van der Waals surface area contributed by atoms with Crippen LogP contribution >= 0.6 is 35.0 Å². The van der Waals surface area contributed by atoms with Crippen molar-refractivity contribution in [2.24, 2.45) is 5.84 Å². The highest BCUT2D eigenvalue weighted by Crippen LogP contribution is 2.29. The van der Waals surface area contributed by atoms with Crippen molar-refractivity contribution in [3.05, 3.63) is 63.6 Å². The SMILES string of the molecule is CSc1ccccc1C(Cc1ccc(Cl)c(Cl)c1)NN. The Morgan fingerprint density at radius 3 is 2.55 bits per heavy atom. The Kier molecular flexibility index (Phi) is 5.75. The quantitative estimate of drug-likeness (QED) is 0.484. The van der Waals surface area contributed by atoms with Gasteiger partial charge in [0.2, 0.25) is 0 Å². The molecule has 3 N–H and O–H groups in total. The van der Waals surface area contributed by atoms with E-state index in [1.54, 1.807) is 11.8 Å². The highest BCUT2D eigenvalue weighted by atomic mass is 35.5. The van der Waals surface area contributed by atoms with Crippen LogP contribution in [0.2, 0.25) is 10.0 Å². The summed E-state index contributed by atoms with van der Waals surface area (Å²) in [5.41, 5.74) is 5.17. The normalized spacial score (nSPS) is 12.4. The number of hydrogen-bond acceptors (Lipinski definition) is 3. The number of thioether (sulfide) groups is 1. The number of benzene rings is 2. The third-order valence-electron chi connectivity index (χ3n) is 3.14. The van der Waals surface area contributed by atoms with Crippen molar-refractivity contribution in [2.45, 2.75) is 17.4 Å². The molecule has 0 aromatic heterocycles. The maximum Gasteiger partial charge on any atom is 0.0595 e. The lowest BCUT2D eigenvalue weighted by Crippen LogP contribution is -2.30. The van der Waals surface area contributed by atoms with Gasteiger partial charge < -0.3 is 0 Å². The van der Waals surface area contributed by atoms with Gasteiger partial charge in [-0.1, -0.05) is 47.5 Å². The van der Waals surface area contributed by atoms with E-state index < -0.39 is 0 Å². The Morgan fingerprint density at radius 2 is 1.90 bits per heavy atom. The minimum absolute atomic E-state index is 0.0379. The van der Waals surface area contributed by atoms with Crippen LogP contribution in [0.15, 0.2) is 47.4 Å². The van der Waals surface area contributed by atoms with Crippen molar-refractivity contribution < 1.29 is 0 Å². The van der Waals surface area contributed by atoms with Gasteiger partial charge in [-0.15, -0.1) is 11.8 Å². The largest absolute Gasteiger partial charge is 0.271 e. The summed E-state index contributed by atoms with van der Waals surface area (Å²) in [6, 6.07) is 13.9. The van der Waals surface area contributed by atoms with Crippen LogP contribution in [0.1, 0.15) is 17.2 Å². The van der Waals surface area contributed by atoms with Crippen LogP contribution in [0.25, 0.3) is 0 Å². The lowest BCUT2D eigenvalue weighted by Gasteiger charge is -2.19. The van der Waals surface area contributed by atoms with Crippen molar-refractivity contribution in [1.82, 2.24) is 5.43 Å². The molecule has 20 heavy (non-hydrogen) atoms. The molecule has 2 aromatic carbocycles. The molecule has 1 atom stereocenters. The summed E-state index contributed by atoms with van der Waals surface area (Å²) in [7, 11) is 0. The highest BCUT2D eigenvalue weighted by molar-refractivity contribution is 7.98. The number of nitrogens with one attached hydrogen (secondary N) is 1.